The Hall–Kier alpha value is -0.340. The van der Waals surface area contributed by atoms with Crippen molar-refractivity contribution in [1.29, 1.82) is 0 Å². The van der Waals surface area contributed by atoms with Crippen molar-refractivity contribution < 1.29 is 0 Å². The lowest BCUT2D eigenvalue weighted by molar-refractivity contribution is 0.209. The summed E-state index contributed by atoms with van der Waals surface area (Å²) in [7, 11) is 0. The van der Waals surface area contributed by atoms with E-state index in [1.54, 1.807) is 5.57 Å². The Morgan fingerprint density at radius 1 is 1.29 bits per heavy atom. The number of hydrogen-bond donors (Lipinski definition) is 1. The van der Waals surface area contributed by atoms with Crippen LogP contribution in [0.25, 0.3) is 0 Å². The fourth-order valence-corrected chi connectivity index (χ4v) is 2.30. The highest BCUT2D eigenvalue weighted by Gasteiger charge is 2.23. The van der Waals surface area contributed by atoms with Crippen LogP contribution in [0.3, 0.4) is 0 Å². The molecule has 0 radical (unpaired) electrons. The largest absolute Gasteiger partial charge is 0.313 e. The maximum Gasteiger partial charge on any atom is 0.0195 e. The summed E-state index contributed by atoms with van der Waals surface area (Å²) in [6.45, 7) is 17.1. The van der Waals surface area contributed by atoms with Gasteiger partial charge in [0, 0.05) is 31.7 Å². The molecule has 0 saturated heterocycles. The maximum atomic E-state index is 3.52. The van der Waals surface area contributed by atoms with E-state index in [4.69, 9.17) is 0 Å². The van der Waals surface area contributed by atoms with Crippen molar-refractivity contribution in [2.75, 3.05) is 19.6 Å². The van der Waals surface area contributed by atoms with Crippen molar-refractivity contribution in [3.8, 4) is 0 Å². The fraction of sp³-hybridized carbons (Fsp3) is 0.867. The number of nitrogens with one attached hydrogen (secondary N) is 1. The molecule has 0 fully saturated rings. The molecule has 0 aliphatic carbocycles. The SMILES string of the molecule is CC(C)NCC(C)N1CC=C(C(C)(C)C)CC1. The normalized spacial score (nSPS) is 20.5. The summed E-state index contributed by atoms with van der Waals surface area (Å²) in [6.07, 6.45) is 3.67. The first-order chi connectivity index (χ1) is 7.80. The second-order valence-corrected chi connectivity index (χ2v) is 6.64. The average molecular weight is 238 g/mol. The topological polar surface area (TPSA) is 15.3 Å². The van der Waals surface area contributed by atoms with Gasteiger partial charge < -0.3 is 5.32 Å². The van der Waals surface area contributed by atoms with Crippen LogP contribution < -0.4 is 5.32 Å². The number of rotatable bonds is 4. The first-order valence-corrected chi connectivity index (χ1v) is 6.97. The van der Waals surface area contributed by atoms with Crippen LogP contribution in [0.4, 0.5) is 0 Å². The van der Waals surface area contributed by atoms with E-state index in [0.29, 0.717) is 17.5 Å². The third kappa shape index (κ3) is 4.81. The molecule has 0 aromatic heterocycles. The Morgan fingerprint density at radius 2 is 1.94 bits per heavy atom. The van der Waals surface area contributed by atoms with Crippen LogP contribution >= 0.6 is 0 Å². The van der Waals surface area contributed by atoms with Gasteiger partial charge in [-0.25, -0.2) is 0 Å². The molecule has 2 nitrogen and oxygen atoms in total. The highest BCUT2D eigenvalue weighted by molar-refractivity contribution is 5.14. The van der Waals surface area contributed by atoms with Crippen molar-refractivity contribution in [2.24, 2.45) is 5.41 Å². The molecule has 0 spiro atoms. The molecule has 0 aromatic carbocycles. The minimum Gasteiger partial charge on any atom is -0.313 e. The van der Waals surface area contributed by atoms with Gasteiger partial charge in [-0.15, -0.1) is 0 Å². The van der Waals surface area contributed by atoms with Gasteiger partial charge >= 0.3 is 0 Å². The summed E-state index contributed by atoms with van der Waals surface area (Å²) in [6, 6.07) is 1.22. The Labute approximate surface area is 107 Å². The molecule has 1 aliphatic heterocycles. The molecular formula is C15H30N2. The molecule has 1 heterocycles. The molecule has 0 amide bonds. The molecule has 1 rings (SSSR count). The molecule has 100 valence electrons. The summed E-state index contributed by atoms with van der Waals surface area (Å²) >= 11 is 0. The van der Waals surface area contributed by atoms with Crippen LogP contribution in [0, 0.1) is 5.41 Å². The Kier molecular flexibility index (Phi) is 5.21. The van der Waals surface area contributed by atoms with E-state index in [0.717, 1.165) is 13.1 Å². The van der Waals surface area contributed by atoms with Crippen LogP contribution in [0.1, 0.15) is 48.0 Å². The molecule has 1 aliphatic rings. The predicted octanol–water partition coefficient (Wildman–Crippen LogP) is 3.05. The van der Waals surface area contributed by atoms with Crippen LogP contribution in [0.15, 0.2) is 11.6 Å². The zero-order chi connectivity index (χ0) is 13.1. The van der Waals surface area contributed by atoms with Crippen molar-refractivity contribution in [1.82, 2.24) is 10.2 Å². The lowest BCUT2D eigenvalue weighted by Crippen LogP contribution is -2.44. The summed E-state index contributed by atoms with van der Waals surface area (Å²) in [5.41, 5.74) is 1.98. The zero-order valence-corrected chi connectivity index (χ0v) is 12.5. The number of hydrogen-bond acceptors (Lipinski definition) is 2. The molecule has 1 atom stereocenters. The molecule has 17 heavy (non-hydrogen) atoms. The minimum absolute atomic E-state index is 0.353. The quantitative estimate of drug-likeness (QED) is 0.757. The van der Waals surface area contributed by atoms with Gasteiger partial charge in [-0.05, 0) is 18.8 Å². The van der Waals surface area contributed by atoms with Crippen molar-refractivity contribution >= 4 is 0 Å². The van der Waals surface area contributed by atoms with Crippen LogP contribution in [0.5, 0.6) is 0 Å². The van der Waals surface area contributed by atoms with Gasteiger partial charge in [0.2, 0.25) is 0 Å². The van der Waals surface area contributed by atoms with Crippen LogP contribution in [-0.4, -0.2) is 36.6 Å². The summed E-state index contributed by atoms with van der Waals surface area (Å²) < 4.78 is 0. The Balaban J connectivity index is 2.43. The van der Waals surface area contributed by atoms with E-state index in [1.165, 1.54) is 13.0 Å². The smallest absolute Gasteiger partial charge is 0.0195 e. The van der Waals surface area contributed by atoms with Gasteiger partial charge in [-0.2, -0.15) is 0 Å². The molecule has 2 heteroatoms. The van der Waals surface area contributed by atoms with Gasteiger partial charge in [0.1, 0.15) is 0 Å². The molecule has 0 bridgehead atoms. The molecule has 0 aromatic rings. The van der Waals surface area contributed by atoms with Gasteiger partial charge in [0.15, 0.2) is 0 Å². The van der Waals surface area contributed by atoms with Gasteiger partial charge in [0.05, 0.1) is 0 Å². The maximum absolute atomic E-state index is 3.52. The van der Waals surface area contributed by atoms with Gasteiger partial charge in [-0.3, -0.25) is 4.90 Å². The second-order valence-electron chi connectivity index (χ2n) is 6.64. The van der Waals surface area contributed by atoms with E-state index in [2.05, 4.69) is 57.8 Å². The lowest BCUT2D eigenvalue weighted by atomic mass is 9.83. The van der Waals surface area contributed by atoms with E-state index < -0.39 is 0 Å². The zero-order valence-electron chi connectivity index (χ0n) is 12.5. The number of nitrogens with zero attached hydrogens (tertiary/aromatic N) is 1. The molecule has 1 unspecified atom stereocenters. The standard InChI is InChI=1S/C15H30N2/c1-12(2)16-11-13(3)17-9-7-14(8-10-17)15(4,5)6/h7,12-13,16H,8-11H2,1-6H3. The van der Waals surface area contributed by atoms with E-state index in [1.807, 2.05) is 0 Å². The fourth-order valence-electron chi connectivity index (χ4n) is 2.30. The van der Waals surface area contributed by atoms with Crippen molar-refractivity contribution in [3.05, 3.63) is 11.6 Å². The summed E-state index contributed by atoms with van der Waals surface area (Å²) in [4.78, 5) is 2.57. The van der Waals surface area contributed by atoms with E-state index in [9.17, 15) is 0 Å². The molecule has 1 N–H and O–H groups in total. The third-order valence-electron chi connectivity index (χ3n) is 3.65. The minimum atomic E-state index is 0.353. The Bertz CT molecular complexity index is 261. The third-order valence-corrected chi connectivity index (χ3v) is 3.65. The highest BCUT2D eigenvalue weighted by atomic mass is 15.2. The first-order valence-electron chi connectivity index (χ1n) is 6.97. The highest BCUT2D eigenvalue weighted by Crippen LogP contribution is 2.30. The predicted molar refractivity (Wildman–Crippen MR) is 76.3 cm³/mol. The van der Waals surface area contributed by atoms with Crippen molar-refractivity contribution in [3.63, 3.8) is 0 Å². The Morgan fingerprint density at radius 3 is 2.35 bits per heavy atom. The van der Waals surface area contributed by atoms with Crippen molar-refractivity contribution in [2.45, 2.75) is 60.0 Å². The first kappa shape index (κ1) is 14.7. The molecular weight excluding hydrogens is 208 g/mol. The summed E-state index contributed by atoms with van der Waals surface area (Å²) in [5.74, 6) is 0. The van der Waals surface area contributed by atoms with Crippen LogP contribution in [-0.2, 0) is 0 Å². The molecule has 0 saturated carbocycles. The van der Waals surface area contributed by atoms with E-state index >= 15 is 0 Å². The van der Waals surface area contributed by atoms with Crippen LogP contribution in [0.2, 0.25) is 0 Å². The monoisotopic (exact) mass is 238 g/mol. The second kappa shape index (κ2) is 6.01. The van der Waals surface area contributed by atoms with Gasteiger partial charge in [-0.1, -0.05) is 46.3 Å². The van der Waals surface area contributed by atoms with Gasteiger partial charge in [0.25, 0.3) is 0 Å². The lowest BCUT2D eigenvalue weighted by Gasteiger charge is -2.35. The summed E-state index contributed by atoms with van der Waals surface area (Å²) in [5, 5.41) is 3.52. The average Bonchev–Trinajstić information content (AvgIpc) is 2.25. The van der Waals surface area contributed by atoms with E-state index in [-0.39, 0.29) is 0 Å².